The number of nitrogens with zero attached hydrogens (tertiary/aromatic N) is 2. The number of halogens is 2. The number of nitrogens with one attached hydrogen (secondary N) is 1. The molecule has 5 nitrogen and oxygen atoms in total. The lowest BCUT2D eigenvalue weighted by molar-refractivity contribution is -0.131. The van der Waals surface area contributed by atoms with Gasteiger partial charge in [-0.15, -0.1) is 0 Å². The van der Waals surface area contributed by atoms with Crippen molar-refractivity contribution in [3.05, 3.63) is 69.7 Å². The van der Waals surface area contributed by atoms with Crippen LogP contribution in [0.1, 0.15) is 23.7 Å². The fourth-order valence-electron chi connectivity index (χ4n) is 3.93. The van der Waals surface area contributed by atoms with Gasteiger partial charge in [-0.1, -0.05) is 58.7 Å². The standard InChI is InChI=1S/C24H23BrClN3O2/c1-2-23(30)29-13-11-28(12-14-29)22-10-9-16(15-21(22)26)27-24(31)19-7-3-6-18-17(19)5-4-8-20(18)25/h3-10,15H,2,11-14H2,1H3,(H,27,31). The van der Waals surface area contributed by atoms with Gasteiger partial charge < -0.3 is 15.1 Å². The van der Waals surface area contributed by atoms with Gasteiger partial charge in [0.2, 0.25) is 5.91 Å². The van der Waals surface area contributed by atoms with Crippen molar-refractivity contribution in [2.45, 2.75) is 13.3 Å². The van der Waals surface area contributed by atoms with Crippen LogP contribution >= 0.6 is 27.5 Å². The van der Waals surface area contributed by atoms with E-state index in [1.54, 1.807) is 6.07 Å². The summed E-state index contributed by atoms with van der Waals surface area (Å²) in [7, 11) is 0. The molecule has 0 aliphatic carbocycles. The van der Waals surface area contributed by atoms with E-state index in [1.807, 2.05) is 60.4 Å². The number of benzene rings is 3. The number of hydrogen-bond donors (Lipinski definition) is 1. The van der Waals surface area contributed by atoms with Crippen LogP contribution < -0.4 is 10.2 Å². The van der Waals surface area contributed by atoms with Crippen molar-refractivity contribution >= 4 is 61.5 Å². The summed E-state index contributed by atoms with van der Waals surface area (Å²) in [6, 6.07) is 17.1. The van der Waals surface area contributed by atoms with Crippen LogP contribution in [-0.4, -0.2) is 42.9 Å². The zero-order valence-corrected chi connectivity index (χ0v) is 19.5. The van der Waals surface area contributed by atoms with Gasteiger partial charge in [-0.05, 0) is 41.1 Å². The number of anilines is 2. The summed E-state index contributed by atoms with van der Waals surface area (Å²) in [5, 5.41) is 5.41. The second kappa shape index (κ2) is 9.28. The first-order chi connectivity index (χ1) is 15.0. The average Bonchev–Trinajstić information content (AvgIpc) is 2.79. The minimum atomic E-state index is -0.181. The Bertz CT molecular complexity index is 1140. The molecular formula is C24H23BrClN3O2. The Morgan fingerprint density at radius 3 is 2.42 bits per heavy atom. The maximum absolute atomic E-state index is 12.9. The van der Waals surface area contributed by atoms with E-state index < -0.39 is 0 Å². The third-order valence-electron chi connectivity index (χ3n) is 5.59. The second-order valence-corrected chi connectivity index (χ2v) is 8.74. The fraction of sp³-hybridized carbons (Fsp3) is 0.250. The van der Waals surface area contributed by atoms with Gasteiger partial charge >= 0.3 is 0 Å². The van der Waals surface area contributed by atoms with Crippen LogP contribution in [0, 0.1) is 0 Å². The predicted molar refractivity (Wildman–Crippen MR) is 130 cm³/mol. The Balaban J connectivity index is 1.49. The number of fused-ring (bicyclic) bond motifs is 1. The molecule has 1 saturated heterocycles. The molecule has 160 valence electrons. The zero-order valence-electron chi connectivity index (χ0n) is 17.2. The van der Waals surface area contributed by atoms with E-state index in [4.69, 9.17) is 11.6 Å². The maximum Gasteiger partial charge on any atom is 0.256 e. The highest BCUT2D eigenvalue weighted by Gasteiger charge is 2.21. The van der Waals surface area contributed by atoms with Crippen LogP contribution in [0.15, 0.2) is 59.1 Å². The van der Waals surface area contributed by atoms with E-state index in [1.165, 1.54) is 0 Å². The molecule has 1 aliphatic rings. The van der Waals surface area contributed by atoms with E-state index in [2.05, 4.69) is 26.1 Å². The van der Waals surface area contributed by atoms with Gasteiger partial charge in [0.15, 0.2) is 0 Å². The molecule has 1 aliphatic heterocycles. The third kappa shape index (κ3) is 4.55. The Morgan fingerprint density at radius 1 is 1.00 bits per heavy atom. The highest BCUT2D eigenvalue weighted by atomic mass is 79.9. The molecule has 0 atom stereocenters. The van der Waals surface area contributed by atoms with E-state index >= 15 is 0 Å². The van der Waals surface area contributed by atoms with Crippen LogP contribution in [0.2, 0.25) is 5.02 Å². The van der Waals surface area contributed by atoms with E-state index in [0.717, 1.165) is 34.0 Å². The van der Waals surface area contributed by atoms with Crippen molar-refractivity contribution in [2.24, 2.45) is 0 Å². The lowest BCUT2D eigenvalue weighted by atomic mass is 10.0. The fourth-order valence-corrected chi connectivity index (χ4v) is 4.73. The molecule has 0 aromatic heterocycles. The van der Waals surface area contributed by atoms with Crippen LogP contribution in [0.3, 0.4) is 0 Å². The summed E-state index contributed by atoms with van der Waals surface area (Å²) in [4.78, 5) is 28.9. The summed E-state index contributed by atoms with van der Waals surface area (Å²) in [5.41, 5.74) is 2.17. The summed E-state index contributed by atoms with van der Waals surface area (Å²) in [5.74, 6) is 0.00322. The lowest BCUT2D eigenvalue weighted by Gasteiger charge is -2.36. The molecule has 3 aromatic carbocycles. The molecule has 0 saturated carbocycles. The molecular weight excluding hydrogens is 478 g/mol. The first-order valence-electron chi connectivity index (χ1n) is 10.3. The largest absolute Gasteiger partial charge is 0.367 e. The number of hydrogen-bond acceptors (Lipinski definition) is 3. The Labute approximate surface area is 195 Å². The average molecular weight is 501 g/mol. The number of carbonyl (C=O) groups is 2. The molecule has 0 unspecified atom stereocenters. The molecule has 0 bridgehead atoms. The lowest BCUT2D eigenvalue weighted by Crippen LogP contribution is -2.48. The minimum absolute atomic E-state index is 0.181. The highest BCUT2D eigenvalue weighted by molar-refractivity contribution is 9.10. The van der Waals surface area contributed by atoms with Crippen LogP contribution in [0.25, 0.3) is 10.8 Å². The topological polar surface area (TPSA) is 52.7 Å². The predicted octanol–water partition coefficient (Wildman–Crippen LogP) is 5.57. The molecule has 31 heavy (non-hydrogen) atoms. The van der Waals surface area contributed by atoms with Gasteiger partial charge in [0.05, 0.1) is 10.7 Å². The van der Waals surface area contributed by atoms with Gasteiger partial charge in [0, 0.05) is 48.3 Å². The normalized spacial score (nSPS) is 14.0. The van der Waals surface area contributed by atoms with Gasteiger partial charge in [-0.2, -0.15) is 0 Å². The Morgan fingerprint density at radius 2 is 1.71 bits per heavy atom. The van der Waals surface area contributed by atoms with E-state index in [9.17, 15) is 9.59 Å². The number of rotatable bonds is 4. The van der Waals surface area contributed by atoms with E-state index in [0.29, 0.717) is 35.8 Å². The van der Waals surface area contributed by atoms with Crippen molar-refractivity contribution in [1.29, 1.82) is 0 Å². The first-order valence-corrected chi connectivity index (χ1v) is 11.5. The first kappa shape index (κ1) is 21.7. The van der Waals surface area contributed by atoms with Gasteiger partial charge in [0.25, 0.3) is 5.91 Å². The van der Waals surface area contributed by atoms with Gasteiger partial charge in [-0.3, -0.25) is 9.59 Å². The summed E-state index contributed by atoms with van der Waals surface area (Å²) < 4.78 is 0.952. The monoisotopic (exact) mass is 499 g/mol. The molecule has 7 heteroatoms. The van der Waals surface area contributed by atoms with Crippen molar-refractivity contribution in [3.8, 4) is 0 Å². The Kier molecular flexibility index (Phi) is 6.49. The minimum Gasteiger partial charge on any atom is -0.367 e. The zero-order chi connectivity index (χ0) is 22.0. The molecule has 1 N–H and O–H groups in total. The van der Waals surface area contributed by atoms with Crippen molar-refractivity contribution in [3.63, 3.8) is 0 Å². The van der Waals surface area contributed by atoms with E-state index in [-0.39, 0.29) is 11.8 Å². The molecule has 0 radical (unpaired) electrons. The summed E-state index contributed by atoms with van der Waals surface area (Å²) in [6.45, 7) is 4.75. The molecule has 1 fully saturated rings. The second-order valence-electron chi connectivity index (χ2n) is 7.48. The van der Waals surface area contributed by atoms with Gasteiger partial charge in [-0.25, -0.2) is 0 Å². The highest BCUT2D eigenvalue weighted by Crippen LogP contribution is 2.31. The van der Waals surface area contributed by atoms with Crippen LogP contribution in [0.4, 0.5) is 11.4 Å². The van der Waals surface area contributed by atoms with Gasteiger partial charge in [0.1, 0.15) is 0 Å². The molecule has 3 aromatic rings. The molecule has 1 heterocycles. The van der Waals surface area contributed by atoms with Crippen LogP contribution in [0.5, 0.6) is 0 Å². The SMILES string of the molecule is CCC(=O)N1CCN(c2ccc(NC(=O)c3cccc4c(Br)cccc34)cc2Cl)CC1. The van der Waals surface area contributed by atoms with Crippen molar-refractivity contribution in [2.75, 3.05) is 36.4 Å². The number of piperazine rings is 1. The molecule has 2 amide bonds. The Hall–Kier alpha value is -2.57. The molecule has 0 spiro atoms. The number of carbonyl (C=O) groups excluding carboxylic acids is 2. The molecule has 4 rings (SSSR count). The maximum atomic E-state index is 12.9. The van der Waals surface area contributed by atoms with Crippen molar-refractivity contribution in [1.82, 2.24) is 4.90 Å². The summed E-state index contributed by atoms with van der Waals surface area (Å²) in [6.07, 6.45) is 0.531. The quantitative estimate of drug-likeness (QED) is 0.510. The number of amides is 2. The smallest absolute Gasteiger partial charge is 0.256 e. The third-order valence-corrected chi connectivity index (χ3v) is 6.59. The summed E-state index contributed by atoms with van der Waals surface area (Å²) >= 11 is 10.1. The van der Waals surface area contributed by atoms with Crippen LogP contribution in [-0.2, 0) is 4.79 Å². The van der Waals surface area contributed by atoms with Crippen molar-refractivity contribution < 1.29 is 9.59 Å².